The molecule has 0 unspecified atom stereocenters. The zero-order chi connectivity index (χ0) is 16.8. The molecule has 8 nitrogen and oxygen atoms in total. The Labute approximate surface area is 137 Å². The van der Waals surface area contributed by atoms with Crippen LogP contribution in [0.3, 0.4) is 0 Å². The van der Waals surface area contributed by atoms with Crippen LogP contribution in [0.4, 0.5) is 0 Å². The number of rotatable bonds is 6. The summed E-state index contributed by atoms with van der Waals surface area (Å²) in [7, 11) is 4.57. The molecule has 0 radical (unpaired) electrons. The Balaban J connectivity index is 2.19. The molecule has 2 rings (SSSR count). The van der Waals surface area contributed by atoms with E-state index in [9.17, 15) is 4.79 Å². The Morgan fingerprint density at radius 2 is 1.96 bits per heavy atom. The maximum atomic E-state index is 11.9. The van der Waals surface area contributed by atoms with Gasteiger partial charge in [0, 0.05) is 5.56 Å². The first-order valence-corrected chi connectivity index (χ1v) is 7.31. The summed E-state index contributed by atoms with van der Waals surface area (Å²) in [5, 5.41) is 7.71. The molecule has 0 fully saturated rings. The average molecular weight is 336 g/mol. The normalized spacial score (nSPS) is 10.6. The lowest BCUT2D eigenvalue weighted by Crippen LogP contribution is -2.17. The minimum Gasteiger partial charge on any atom is -0.493 e. The van der Waals surface area contributed by atoms with Crippen molar-refractivity contribution in [1.29, 1.82) is 0 Å². The van der Waals surface area contributed by atoms with E-state index in [0.717, 1.165) is 11.5 Å². The van der Waals surface area contributed by atoms with E-state index in [4.69, 9.17) is 14.2 Å². The van der Waals surface area contributed by atoms with Crippen LogP contribution in [0.1, 0.15) is 20.9 Å². The number of amides is 1. The van der Waals surface area contributed by atoms with E-state index in [2.05, 4.69) is 20.1 Å². The SMILES string of the molecule is COc1ccc(C=NNC(=O)c2snnc2C)c(OC)c1OC. The van der Waals surface area contributed by atoms with Gasteiger partial charge in [0.1, 0.15) is 4.88 Å². The number of carbonyl (C=O) groups excluding carboxylic acids is 1. The number of ether oxygens (including phenoxy) is 3. The van der Waals surface area contributed by atoms with E-state index in [1.54, 1.807) is 19.1 Å². The van der Waals surface area contributed by atoms with Gasteiger partial charge in [-0.2, -0.15) is 5.10 Å². The Morgan fingerprint density at radius 3 is 2.52 bits per heavy atom. The van der Waals surface area contributed by atoms with Gasteiger partial charge in [-0.25, -0.2) is 5.43 Å². The van der Waals surface area contributed by atoms with E-state index in [1.807, 2.05) is 0 Å². The number of benzene rings is 1. The lowest BCUT2D eigenvalue weighted by atomic mass is 10.2. The first-order chi connectivity index (χ1) is 11.1. The fourth-order valence-electron chi connectivity index (χ4n) is 1.88. The van der Waals surface area contributed by atoms with Crippen LogP contribution in [-0.2, 0) is 0 Å². The number of methoxy groups -OCH3 is 3. The summed E-state index contributed by atoms with van der Waals surface area (Å²) in [6.45, 7) is 1.71. The third-order valence-electron chi connectivity index (χ3n) is 2.96. The molecule has 0 atom stereocenters. The molecule has 1 N–H and O–H groups in total. The number of hydrogen-bond donors (Lipinski definition) is 1. The molecule has 1 aromatic carbocycles. The van der Waals surface area contributed by atoms with Gasteiger partial charge < -0.3 is 14.2 Å². The van der Waals surface area contributed by atoms with Crippen molar-refractivity contribution >= 4 is 23.7 Å². The standard InChI is InChI=1S/C14H16N4O4S/c1-8-13(23-18-16-8)14(19)17-15-7-9-5-6-10(20-2)12(22-4)11(9)21-3/h5-7H,1-4H3,(H,17,19). The highest BCUT2D eigenvalue weighted by Gasteiger charge is 2.15. The van der Waals surface area contributed by atoms with Crippen molar-refractivity contribution in [3.63, 3.8) is 0 Å². The largest absolute Gasteiger partial charge is 0.493 e. The van der Waals surface area contributed by atoms with Crippen LogP contribution in [0.25, 0.3) is 0 Å². The summed E-state index contributed by atoms with van der Waals surface area (Å²) in [5.41, 5.74) is 3.62. The van der Waals surface area contributed by atoms with Crippen molar-refractivity contribution in [2.24, 2.45) is 5.10 Å². The number of hydrazone groups is 1. The van der Waals surface area contributed by atoms with Crippen LogP contribution in [0.2, 0.25) is 0 Å². The molecular formula is C14H16N4O4S. The fourth-order valence-corrected chi connectivity index (χ4v) is 2.42. The lowest BCUT2D eigenvalue weighted by Gasteiger charge is -2.13. The first-order valence-electron chi connectivity index (χ1n) is 6.53. The molecule has 2 aromatic rings. The number of nitrogens with zero attached hydrogens (tertiary/aromatic N) is 3. The van der Waals surface area contributed by atoms with E-state index in [-0.39, 0.29) is 5.91 Å². The number of hydrogen-bond acceptors (Lipinski definition) is 8. The molecular weight excluding hydrogens is 320 g/mol. The van der Waals surface area contributed by atoms with Crippen molar-refractivity contribution in [2.45, 2.75) is 6.92 Å². The molecule has 1 aromatic heterocycles. The molecule has 0 aliphatic rings. The first kappa shape index (κ1) is 16.7. The second-order valence-corrected chi connectivity index (χ2v) is 5.06. The van der Waals surface area contributed by atoms with Crippen LogP contribution in [0.15, 0.2) is 17.2 Å². The highest BCUT2D eigenvalue weighted by atomic mass is 32.1. The number of aromatic nitrogens is 2. The Kier molecular flexibility index (Phi) is 5.47. The molecule has 0 spiro atoms. The molecule has 1 amide bonds. The Morgan fingerprint density at radius 1 is 1.22 bits per heavy atom. The quantitative estimate of drug-likeness (QED) is 0.636. The van der Waals surface area contributed by atoms with Gasteiger partial charge in [0.15, 0.2) is 11.5 Å². The molecule has 122 valence electrons. The van der Waals surface area contributed by atoms with Gasteiger partial charge in [0.05, 0.1) is 33.2 Å². The van der Waals surface area contributed by atoms with Crippen molar-refractivity contribution in [1.82, 2.24) is 15.0 Å². The molecule has 0 saturated heterocycles. The molecule has 0 bridgehead atoms. The van der Waals surface area contributed by atoms with Gasteiger partial charge in [0.2, 0.25) is 5.75 Å². The number of nitrogens with one attached hydrogen (secondary N) is 1. The summed E-state index contributed by atoms with van der Waals surface area (Å²) in [6.07, 6.45) is 1.46. The summed E-state index contributed by atoms with van der Waals surface area (Å²) < 4.78 is 19.5. The highest BCUT2D eigenvalue weighted by molar-refractivity contribution is 7.07. The van der Waals surface area contributed by atoms with Gasteiger partial charge >= 0.3 is 0 Å². The van der Waals surface area contributed by atoms with Gasteiger partial charge in [-0.1, -0.05) is 4.49 Å². The molecule has 0 aliphatic heterocycles. The third-order valence-corrected chi connectivity index (χ3v) is 3.79. The summed E-state index contributed by atoms with van der Waals surface area (Å²) in [5.74, 6) is 1.08. The van der Waals surface area contributed by atoms with Gasteiger partial charge in [0.25, 0.3) is 5.91 Å². The summed E-state index contributed by atoms with van der Waals surface area (Å²) in [6, 6.07) is 3.47. The van der Waals surface area contributed by atoms with Gasteiger partial charge in [-0.05, 0) is 30.6 Å². The minimum absolute atomic E-state index is 0.367. The van der Waals surface area contributed by atoms with Gasteiger partial charge in [-0.15, -0.1) is 5.10 Å². The Bertz CT molecular complexity index is 730. The monoisotopic (exact) mass is 336 g/mol. The molecule has 1 heterocycles. The minimum atomic E-state index is -0.367. The van der Waals surface area contributed by atoms with Crippen LogP contribution < -0.4 is 19.6 Å². The zero-order valence-corrected chi connectivity index (χ0v) is 13.9. The molecule has 0 aliphatic carbocycles. The maximum absolute atomic E-state index is 11.9. The van der Waals surface area contributed by atoms with E-state index < -0.39 is 0 Å². The molecule has 23 heavy (non-hydrogen) atoms. The second-order valence-electron chi connectivity index (χ2n) is 4.31. The summed E-state index contributed by atoms with van der Waals surface area (Å²) in [4.78, 5) is 12.3. The predicted octanol–water partition coefficient (Wildman–Crippen LogP) is 1.64. The smallest absolute Gasteiger partial charge is 0.285 e. The molecule has 0 saturated carbocycles. The lowest BCUT2D eigenvalue weighted by molar-refractivity contribution is 0.0958. The second kappa shape index (κ2) is 7.54. The van der Waals surface area contributed by atoms with Gasteiger partial charge in [-0.3, -0.25) is 4.79 Å². The predicted molar refractivity (Wildman–Crippen MR) is 85.8 cm³/mol. The van der Waals surface area contributed by atoms with E-state index in [0.29, 0.717) is 33.4 Å². The van der Waals surface area contributed by atoms with Crippen molar-refractivity contribution in [3.05, 3.63) is 28.3 Å². The number of aryl methyl sites for hydroxylation is 1. The van der Waals surface area contributed by atoms with E-state index >= 15 is 0 Å². The van der Waals surface area contributed by atoms with Crippen LogP contribution in [-0.4, -0.2) is 43.0 Å². The third kappa shape index (κ3) is 3.57. The Hall–Kier alpha value is -2.68. The van der Waals surface area contributed by atoms with Crippen LogP contribution in [0.5, 0.6) is 17.2 Å². The van der Waals surface area contributed by atoms with Crippen LogP contribution in [0, 0.1) is 6.92 Å². The van der Waals surface area contributed by atoms with Crippen molar-refractivity contribution in [3.8, 4) is 17.2 Å². The summed E-state index contributed by atoms with van der Waals surface area (Å²) >= 11 is 1.01. The number of carbonyl (C=O) groups is 1. The van der Waals surface area contributed by atoms with E-state index in [1.165, 1.54) is 27.5 Å². The zero-order valence-electron chi connectivity index (χ0n) is 13.1. The van der Waals surface area contributed by atoms with Crippen molar-refractivity contribution < 1.29 is 19.0 Å². The fraction of sp³-hybridized carbons (Fsp3) is 0.286. The highest BCUT2D eigenvalue weighted by Crippen LogP contribution is 2.38. The molecule has 9 heteroatoms. The topological polar surface area (TPSA) is 94.9 Å². The maximum Gasteiger partial charge on any atom is 0.285 e. The average Bonchev–Trinajstić information content (AvgIpc) is 3.00. The van der Waals surface area contributed by atoms with Crippen molar-refractivity contribution in [2.75, 3.05) is 21.3 Å². The van der Waals surface area contributed by atoms with Crippen LogP contribution >= 0.6 is 11.5 Å².